The standard InChI is InChI=1S/C9H13NO2/c1-12-9(11)10-5-7-3-2-4-8(7)6-10/h2-6H2,1H3. The maximum absolute atomic E-state index is 11.1. The van der Waals surface area contributed by atoms with Gasteiger partial charge < -0.3 is 9.64 Å². The number of rotatable bonds is 0. The van der Waals surface area contributed by atoms with Crippen LogP contribution in [0.3, 0.4) is 0 Å². The van der Waals surface area contributed by atoms with Crippen molar-refractivity contribution >= 4 is 6.09 Å². The van der Waals surface area contributed by atoms with Crippen LogP contribution in [0, 0.1) is 0 Å². The van der Waals surface area contributed by atoms with Crippen molar-refractivity contribution in [3.05, 3.63) is 11.1 Å². The van der Waals surface area contributed by atoms with Gasteiger partial charge in [-0.3, -0.25) is 0 Å². The Morgan fingerprint density at radius 3 is 2.42 bits per heavy atom. The molecule has 0 spiro atoms. The molecule has 0 aromatic carbocycles. The van der Waals surface area contributed by atoms with Crippen LogP contribution in [0.4, 0.5) is 4.79 Å². The fraction of sp³-hybridized carbons (Fsp3) is 0.667. The minimum atomic E-state index is -0.190. The van der Waals surface area contributed by atoms with E-state index in [1.165, 1.54) is 37.5 Å². The van der Waals surface area contributed by atoms with E-state index in [1.807, 2.05) is 0 Å². The molecule has 1 heterocycles. The number of hydrogen-bond acceptors (Lipinski definition) is 2. The van der Waals surface area contributed by atoms with Crippen LogP contribution in [-0.4, -0.2) is 31.2 Å². The molecule has 3 heteroatoms. The molecule has 2 aliphatic rings. The molecule has 1 amide bonds. The molecule has 0 radical (unpaired) electrons. The van der Waals surface area contributed by atoms with Crippen molar-refractivity contribution in [3.8, 4) is 0 Å². The smallest absolute Gasteiger partial charge is 0.410 e. The van der Waals surface area contributed by atoms with Crippen LogP contribution < -0.4 is 0 Å². The second kappa shape index (κ2) is 2.81. The first kappa shape index (κ1) is 7.65. The molecule has 12 heavy (non-hydrogen) atoms. The molecule has 3 nitrogen and oxygen atoms in total. The Morgan fingerprint density at radius 2 is 1.92 bits per heavy atom. The number of methoxy groups -OCH3 is 1. The average Bonchev–Trinajstić information content (AvgIpc) is 2.60. The minimum absolute atomic E-state index is 0.190. The van der Waals surface area contributed by atoms with E-state index in [9.17, 15) is 4.79 Å². The summed E-state index contributed by atoms with van der Waals surface area (Å²) in [4.78, 5) is 12.9. The molecule has 0 N–H and O–H groups in total. The average molecular weight is 167 g/mol. The Hall–Kier alpha value is -0.990. The fourth-order valence-corrected chi connectivity index (χ4v) is 2.03. The Bertz CT molecular complexity index is 229. The van der Waals surface area contributed by atoms with Gasteiger partial charge >= 0.3 is 6.09 Å². The van der Waals surface area contributed by atoms with Crippen LogP contribution in [-0.2, 0) is 4.74 Å². The van der Waals surface area contributed by atoms with E-state index < -0.39 is 0 Å². The molecule has 0 aromatic heterocycles. The van der Waals surface area contributed by atoms with Gasteiger partial charge in [0.15, 0.2) is 0 Å². The topological polar surface area (TPSA) is 29.5 Å². The summed E-state index contributed by atoms with van der Waals surface area (Å²) < 4.78 is 4.66. The highest BCUT2D eigenvalue weighted by molar-refractivity contribution is 5.69. The van der Waals surface area contributed by atoms with Gasteiger partial charge in [-0.25, -0.2) is 4.79 Å². The Labute approximate surface area is 72.0 Å². The van der Waals surface area contributed by atoms with Crippen LogP contribution >= 0.6 is 0 Å². The molecular weight excluding hydrogens is 154 g/mol. The summed E-state index contributed by atoms with van der Waals surface area (Å²) in [5.41, 5.74) is 2.95. The summed E-state index contributed by atoms with van der Waals surface area (Å²) in [6.07, 6.45) is 3.45. The molecule has 0 saturated heterocycles. The zero-order chi connectivity index (χ0) is 8.55. The first-order valence-corrected chi connectivity index (χ1v) is 4.34. The summed E-state index contributed by atoms with van der Waals surface area (Å²) in [6.45, 7) is 1.62. The zero-order valence-corrected chi connectivity index (χ0v) is 7.30. The van der Waals surface area contributed by atoms with E-state index in [1.54, 1.807) is 4.90 Å². The van der Waals surface area contributed by atoms with Crippen molar-refractivity contribution in [2.24, 2.45) is 0 Å². The van der Waals surface area contributed by atoms with E-state index in [0.29, 0.717) is 0 Å². The Morgan fingerprint density at radius 1 is 1.33 bits per heavy atom. The highest BCUT2D eigenvalue weighted by atomic mass is 16.5. The summed E-state index contributed by atoms with van der Waals surface area (Å²) in [5.74, 6) is 0. The lowest BCUT2D eigenvalue weighted by molar-refractivity contribution is 0.133. The molecule has 0 unspecified atom stereocenters. The predicted octanol–water partition coefficient (Wildman–Crippen LogP) is 1.55. The van der Waals surface area contributed by atoms with E-state index >= 15 is 0 Å². The van der Waals surface area contributed by atoms with Crippen molar-refractivity contribution in [1.82, 2.24) is 4.90 Å². The summed E-state index contributed by atoms with van der Waals surface area (Å²) >= 11 is 0. The number of hydrogen-bond donors (Lipinski definition) is 0. The van der Waals surface area contributed by atoms with Crippen molar-refractivity contribution < 1.29 is 9.53 Å². The van der Waals surface area contributed by atoms with Crippen LogP contribution in [0.5, 0.6) is 0 Å². The van der Waals surface area contributed by atoms with E-state index in [-0.39, 0.29) is 6.09 Å². The van der Waals surface area contributed by atoms with Gasteiger partial charge in [-0.2, -0.15) is 0 Å². The maximum Gasteiger partial charge on any atom is 0.410 e. The van der Waals surface area contributed by atoms with E-state index in [2.05, 4.69) is 4.74 Å². The third-order valence-corrected chi connectivity index (χ3v) is 2.65. The minimum Gasteiger partial charge on any atom is -0.453 e. The molecular formula is C9H13NO2. The molecule has 0 fully saturated rings. The summed E-state index contributed by atoms with van der Waals surface area (Å²) in [7, 11) is 1.44. The molecule has 0 saturated carbocycles. The predicted molar refractivity (Wildman–Crippen MR) is 44.9 cm³/mol. The monoisotopic (exact) mass is 167 g/mol. The van der Waals surface area contributed by atoms with Crippen LogP contribution in [0.1, 0.15) is 19.3 Å². The van der Waals surface area contributed by atoms with Gasteiger partial charge in [-0.15, -0.1) is 0 Å². The Balaban J connectivity index is 1.99. The fourth-order valence-electron chi connectivity index (χ4n) is 2.03. The first-order valence-electron chi connectivity index (χ1n) is 4.34. The van der Waals surface area contributed by atoms with Crippen molar-refractivity contribution in [1.29, 1.82) is 0 Å². The summed E-state index contributed by atoms with van der Waals surface area (Å²) in [5, 5.41) is 0. The highest BCUT2D eigenvalue weighted by Crippen LogP contribution is 2.32. The molecule has 0 aromatic rings. The van der Waals surface area contributed by atoms with E-state index in [4.69, 9.17) is 0 Å². The molecule has 0 atom stereocenters. The van der Waals surface area contributed by atoms with E-state index in [0.717, 1.165) is 13.1 Å². The third kappa shape index (κ3) is 1.09. The maximum atomic E-state index is 11.1. The second-order valence-corrected chi connectivity index (χ2v) is 3.39. The molecule has 1 aliphatic carbocycles. The lowest BCUT2D eigenvalue weighted by Gasteiger charge is -2.15. The van der Waals surface area contributed by atoms with Crippen LogP contribution in [0.2, 0.25) is 0 Å². The normalized spacial score (nSPS) is 21.6. The molecule has 1 aliphatic heterocycles. The van der Waals surface area contributed by atoms with Crippen LogP contribution in [0.25, 0.3) is 0 Å². The van der Waals surface area contributed by atoms with Gasteiger partial charge in [0, 0.05) is 13.1 Å². The van der Waals surface area contributed by atoms with Crippen LogP contribution in [0.15, 0.2) is 11.1 Å². The van der Waals surface area contributed by atoms with Crippen molar-refractivity contribution in [2.45, 2.75) is 19.3 Å². The van der Waals surface area contributed by atoms with Gasteiger partial charge in [0.05, 0.1) is 7.11 Å². The van der Waals surface area contributed by atoms with Crippen molar-refractivity contribution in [2.75, 3.05) is 20.2 Å². The third-order valence-electron chi connectivity index (χ3n) is 2.65. The van der Waals surface area contributed by atoms with Gasteiger partial charge in [-0.1, -0.05) is 0 Å². The lowest BCUT2D eigenvalue weighted by atomic mass is 10.2. The number of nitrogens with zero attached hydrogens (tertiary/aromatic N) is 1. The number of carbonyl (C=O) groups excluding carboxylic acids is 1. The van der Waals surface area contributed by atoms with Gasteiger partial charge in [0.1, 0.15) is 0 Å². The lowest BCUT2D eigenvalue weighted by Crippen LogP contribution is -2.29. The molecule has 2 rings (SSSR count). The Kier molecular flexibility index (Phi) is 1.79. The largest absolute Gasteiger partial charge is 0.453 e. The number of amides is 1. The highest BCUT2D eigenvalue weighted by Gasteiger charge is 2.28. The SMILES string of the molecule is COC(=O)N1CC2=C(CCC2)C1. The second-order valence-electron chi connectivity index (χ2n) is 3.39. The van der Waals surface area contributed by atoms with Gasteiger partial charge in [-0.05, 0) is 30.4 Å². The quantitative estimate of drug-likeness (QED) is 0.512. The zero-order valence-electron chi connectivity index (χ0n) is 7.30. The number of likely N-dealkylation sites (tertiary alicyclic amines) is 1. The number of carbonyl (C=O) groups is 1. The van der Waals surface area contributed by atoms with Gasteiger partial charge in [0.2, 0.25) is 0 Å². The van der Waals surface area contributed by atoms with Crippen molar-refractivity contribution in [3.63, 3.8) is 0 Å². The first-order chi connectivity index (χ1) is 5.81. The summed E-state index contributed by atoms with van der Waals surface area (Å²) in [6, 6.07) is 0. The number of ether oxygens (including phenoxy) is 1. The molecule has 66 valence electrons. The van der Waals surface area contributed by atoms with Gasteiger partial charge in [0.25, 0.3) is 0 Å². The molecule has 0 bridgehead atoms.